The lowest BCUT2D eigenvalue weighted by atomic mass is 9.99. The number of rotatable bonds is 1. The predicted molar refractivity (Wildman–Crippen MR) is 86.5 cm³/mol. The molecule has 0 spiro atoms. The number of hydrogen-bond acceptors (Lipinski definition) is 4. The van der Waals surface area contributed by atoms with Gasteiger partial charge in [-0.2, -0.15) is 0 Å². The highest BCUT2D eigenvalue weighted by molar-refractivity contribution is 5.96. The van der Waals surface area contributed by atoms with Crippen LogP contribution in [0.4, 0.5) is 0 Å². The summed E-state index contributed by atoms with van der Waals surface area (Å²) in [5, 5.41) is 0.283. The summed E-state index contributed by atoms with van der Waals surface area (Å²) in [5.74, 6) is 0.526. The Morgan fingerprint density at radius 2 is 1.83 bits per heavy atom. The first kappa shape index (κ1) is 15.5. The molecular formula is C16H20N4O3. The van der Waals surface area contributed by atoms with E-state index in [4.69, 9.17) is 0 Å². The van der Waals surface area contributed by atoms with Crippen molar-refractivity contribution in [3.8, 4) is 0 Å². The maximum Gasteiger partial charge on any atom is 0.332 e. The Kier molecular flexibility index (Phi) is 3.79. The molecule has 122 valence electrons. The largest absolute Gasteiger partial charge is 0.339 e. The van der Waals surface area contributed by atoms with Gasteiger partial charge in [-0.3, -0.25) is 18.7 Å². The SMILES string of the molecule is CC1CCN(C(=O)c2cnc3c(c2)c(=O)n(C)c(=O)n3C)CC1. The number of amides is 1. The molecule has 1 aliphatic rings. The van der Waals surface area contributed by atoms with Gasteiger partial charge in [0.25, 0.3) is 11.5 Å². The average Bonchev–Trinajstić information content (AvgIpc) is 2.57. The normalized spacial score (nSPS) is 16.0. The summed E-state index contributed by atoms with van der Waals surface area (Å²) in [5.41, 5.74) is -0.179. The monoisotopic (exact) mass is 316 g/mol. The van der Waals surface area contributed by atoms with Crippen LogP contribution in [0.3, 0.4) is 0 Å². The molecule has 7 heteroatoms. The van der Waals surface area contributed by atoms with E-state index in [1.54, 1.807) is 18.0 Å². The van der Waals surface area contributed by atoms with Gasteiger partial charge in [0.15, 0.2) is 0 Å². The van der Waals surface area contributed by atoms with Gasteiger partial charge in [-0.1, -0.05) is 6.92 Å². The molecule has 1 saturated heterocycles. The Balaban J connectivity index is 2.05. The fourth-order valence-corrected chi connectivity index (χ4v) is 2.98. The van der Waals surface area contributed by atoms with Crippen molar-refractivity contribution in [3.63, 3.8) is 0 Å². The quantitative estimate of drug-likeness (QED) is 0.768. The van der Waals surface area contributed by atoms with E-state index in [1.165, 1.54) is 17.8 Å². The molecule has 1 amide bonds. The summed E-state index contributed by atoms with van der Waals surface area (Å²) in [6.45, 7) is 3.64. The Hall–Kier alpha value is -2.44. The summed E-state index contributed by atoms with van der Waals surface area (Å²) in [7, 11) is 2.98. The molecular weight excluding hydrogens is 296 g/mol. The first-order valence-electron chi connectivity index (χ1n) is 7.75. The third-order valence-corrected chi connectivity index (χ3v) is 4.61. The molecule has 7 nitrogen and oxygen atoms in total. The number of fused-ring (bicyclic) bond motifs is 1. The number of aromatic nitrogens is 3. The first-order valence-corrected chi connectivity index (χ1v) is 7.75. The van der Waals surface area contributed by atoms with Gasteiger partial charge in [-0.05, 0) is 24.8 Å². The average molecular weight is 316 g/mol. The summed E-state index contributed by atoms with van der Waals surface area (Å²) >= 11 is 0. The Morgan fingerprint density at radius 1 is 1.17 bits per heavy atom. The van der Waals surface area contributed by atoms with Gasteiger partial charge < -0.3 is 4.90 Å². The van der Waals surface area contributed by atoms with Crippen LogP contribution in [0.5, 0.6) is 0 Å². The van der Waals surface area contributed by atoms with Crippen LogP contribution in [0.1, 0.15) is 30.1 Å². The molecule has 3 rings (SSSR count). The molecule has 0 bridgehead atoms. The lowest BCUT2D eigenvalue weighted by Gasteiger charge is -2.30. The van der Waals surface area contributed by atoms with Crippen LogP contribution in [0, 0.1) is 5.92 Å². The minimum Gasteiger partial charge on any atom is -0.339 e. The number of piperidine rings is 1. The molecule has 1 aliphatic heterocycles. The Morgan fingerprint density at radius 3 is 2.48 bits per heavy atom. The van der Waals surface area contributed by atoms with Crippen molar-refractivity contribution < 1.29 is 4.79 Å². The van der Waals surface area contributed by atoms with Gasteiger partial charge in [-0.15, -0.1) is 0 Å². The third kappa shape index (κ3) is 2.56. The first-order chi connectivity index (χ1) is 10.9. The molecule has 2 aromatic rings. The number of carbonyl (C=O) groups excluding carboxylic acids is 1. The van der Waals surface area contributed by atoms with Crippen molar-refractivity contribution in [2.45, 2.75) is 19.8 Å². The van der Waals surface area contributed by atoms with Gasteiger partial charge in [0.2, 0.25) is 0 Å². The topological polar surface area (TPSA) is 77.2 Å². The van der Waals surface area contributed by atoms with E-state index in [2.05, 4.69) is 11.9 Å². The lowest BCUT2D eigenvalue weighted by Crippen LogP contribution is -2.39. The number of likely N-dealkylation sites (tertiary alicyclic amines) is 1. The molecule has 0 atom stereocenters. The van der Waals surface area contributed by atoms with E-state index in [0.29, 0.717) is 17.1 Å². The van der Waals surface area contributed by atoms with E-state index >= 15 is 0 Å². The molecule has 1 fully saturated rings. The summed E-state index contributed by atoms with van der Waals surface area (Å²) in [6, 6.07) is 1.55. The predicted octanol–water partition coefficient (Wildman–Crippen LogP) is 0.504. The van der Waals surface area contributed by atoms with Crippen LogP contribution >= 0.6 is 0 Å². The summed E-state index contributed by atoms with van der Waals surface area (Å²) < 4.78 is 2.34. The van der Waals surface area contributed by atoms with Crippen LogP contribution in [-0.4, -0.2) is 38.0 Å². The molecule has 0 aromatic carbocycles. The molecule has 2 aromatic heterocycles. The second-order valence-electron chi connectivity index (χ2n) is 6.28. The lowest BCUT2D eigenvalue weighted by molar-refractivity contribution is 0.0697. The fourth-order valence-electron chi connectivity index (χ4n) is 2.98. The zero-order valence-corrected chi connectivity index (χ0v) is 13.6. The van der Waals surface area contributed by atoms with E-state index < -0.39 is 11.2 Å². The van der Waals surface area contributed by atoms with Crippen LogP contribution in [-0.2, 0) is 14.1 Å². The molecule has 23 heavy (non-hydrogen) atoms. The number of hydrogen-bond donors (Lipinski definition) is 0. The molecule has 0 unspecified atom stereocenters. The van der Waals surface area contributed by atoms with Crippen molar-refractivity contribution in [2.24, 2.45) is 20.0 Å². The Bertz CT molecular complexity index is 889. The molecule has 0 radical (unpaired) electrons. The molecule has 3 heterocycles. The highest BCUT2D eigenvalue weighted by Crippen LogP contribution is 2.18. The number of pyridine rings is 1. The number of carbonyl (C=O) groups is 1. The Labute approximate surface area is 133 Å². The van der Waals surface area contributed by atoms with Crippen molar-refractivity contribution in [2.75, 3.05) is 13.1 Å². The second kappa shape index (κ2) is 5.64. The molecule has 0 saturated carbocycles. The van der Waals surface area contributed by atoms with E-state index in [1.807, 2.05) is 0 Å². The van der Waals surface area contributed by atoms with Crippen molar-refractivity contribution in [1.29, 1.82) is 0 Å². The van der Waals surface area contributed by atoms with Crippen molar-refractivity contribution in [3.05, 3.63) is 38.7 Å². The van der Waals surface area contributed by atoms with Gasteiger partial charge >= 0.3 is 5.69 Å². The maximum atomic E-state index is 12.6. The van der Waals surface area contributed by atoms with Crippen LogP contribution in [0.25, 0.3) is 11.0 Å². The summed E-state index contributed by atoms with van der Waals surface area (Å²) in [4.78, 5) is 42.8. The number of aryl methyl sites for hydroxylation is 1. The zero-order chi connectivity index (χ0) is 16.7. The van der Waals surface area contributed by atoms with Crippen LogP contribution < -0.4 is 11.2 Å². The van der Waals surface area contributed by atoms with Crippen LogP contribution in [0.15, 0.2) is 21.9 Å². The second-order valence-corrected chi connectivity index (χ2v) is 6.28. The highest BCUT2D eigenvalue weighted by atomic mass is 16.2. The van der Waals surface area contributed by atoms with E-state index in [0.717, 1.165) is 30.5 Å². The van der Waals surface area contributed by atoms with Gasteiger partial charge in [0.05, 0.1) is 10.9 Å². The van der Waals surface area contributed by atoms with Gasteiger partial charge in [0.1, 0.15) is 5.65 Å². The van der Waals surface area contributed by atoms with Crippen molar-refractivity contribution >= 4 is 16.9 Å². The maximum absolute atomic E-state index is 12.6. The standard InChI is InChI=1S/C16H20N4O3/c1-10-4-6-20(7-5-10)14(21)11-8-12-13(17-9-11)18(2)16(23)19(3)15(12)22/h8-10H,4-7H2,1-3H3. The van der Waals surface area contributed by atoms with Gasteiger partial charge in [0, 0.05) is 33.4 Å². The molecule has 0 N–H and O–H groups in total. The van der Waals surface area contributed by atoms with E-state index in [9.17, 15) is 14.4 Å². The molecule has 0 aliphatic carbocycles. The highest BCUT2D eigenvalue weighted by Gasteiger charge is 2.22. The summed E-state index contributed by atoms with van der Waals surface area (Å²) in [6.07, 6.45) is 3.42. The van der Waals surface area contributed by atoms with Crippen LogP contribution in [0.2, 0.25) is 0 Å². The smallest absolute Gasteiger partial charge is 0.332 e. The van der Waals surface area contributed by atoms with Crippen molar-refractivity contribution in [1.82, 2.24) is 19.0 Å². The fraction of sp³-hybridized carbons (Fsp3) is 0.500. The number of nitrogens with zero attached hydrogens (tertiary/aromatic N) is 4. The third-order valence-electron chi connectivity index (χ3n) is 4.61. The minimum atomic E-state index is -0.433. The zero-order valence-electron chi connectivity index (χ0n) is 13.6. The minimum absolute atomic E-state index is 0.109. The van der Waals surface area contributed by atoms with E-state index in [-0.39, 0.29) is 11.3 Å². The van der Waals surface area contributed by atoms with Gasteiger partial charge in [-0.25, -0.2) is 9.78 Å².